The second-order valence-electron chi connectivity index (χ2n) is 7.75. The maximum atomic E-state index is 11.7. The Labute approximate surface area is 134 Å². The SMILES string of the molecule is CC(O)C(CCC(=O)OC(C)(C)C)CCC(=O)OC(C)(C)C. The molecule has 0 saturated heterocycles. The number of carbonyl (C=O) groups is 2. The highest BCUT2D eigenvalue weighted by Crippen LogP contribution is 2.21. The van der Waals surface area contributed by atoms with Gasteiger partial charge in [0.05, 0.1) is 6.10 Å². The fourth-order valence-corrected chi connectivity index (χ4v) is 2.02. The monoisotopic (exact) mass is 316 g/mol. The molecule has 0 spiro atoms. The Balaban J connectivity index is 4.28. The molecule has 0 aliphatic rings. The molecular formula is C17H32O5. The third-order valence-corrected chi connectivity index (χ3v) is 2.96. The van der Waals surface area contributed by atoms with Crippen molar-refractivity contribution in [1.82, 2.24) is 0 Å². The van der Waals surface area contributed by atoms with Crippen LogP contribution < -0.4 is 0 Å². The molecule has 0 amide bonds. The van der Waals surface area contributed by atoms with Crippen LogP contribution in [0.25, 0.3) is 0 Å². The average Bonchev–Trinajstić information content (AvgIpc) is 2.23. The Kier molecular flexibility index (Phi) is 8.09. The van der Waals surface area contributed by atoms with E-state index < -0.39 is 17.3 Å². The highest BCUT2D eigenvalue weighted by Gasteiger charge is 2.22. The van der Waals surface area contributed by atoms with Crippen LogP contribution >= 0.6 is 0 Å². The van der Waals surface area contributed by atoms with Gasteiger partial charge in [-0.05, 0) is 67.2 Å². The van der Waals surface area contributed by atoms with Crippen molar-refractivity contribution < 1.29 is 24.2 Å². The van der Waals surface area contributed by atoms with Crippen LogP contribution in [0.15, 0.2) is 0 Å². The first kappa shape index (κ1) is 20.9. The van der Waals surface area contributed by atoms with Crippen molar-refractivity contribution in [3.05, 3.63) is 0 Å². The molecule has 0 fully saturated rings. The van der Waals surface area contributed by atoms with Gasteiger partial charge in [-0.1, -0.05) is 0 Å². The van der Waals surface area contributed by atoms with Crippen molar-refractivity contribution in [3.63, 3.8) is 0 Å². The second-order valence-corrected chi connectivity index (χ2v) is 7.75. The molecule has 1 atom stereocenters. The van der Waals surface area contributed by atoms with Gasteiger partial charge in [-0.25, -0.2) is 0 Å². The summed E-state index contributed by atoms with van der Waals surface area (Å²) in [5.41, 5.74) is -1.01. The summed E-state index contributed by atoms with van der Waals surface area (Å²) in [5, 5.41) is 9.80. The van der Waals surface area contributed by atoms with Crippen LogP contribution in [-0.4, -0.2) is 34.4 Å². The van der Waals surface area contributed by atoms with Crippen LogP contribution in [-0.2, 0) is 19.1 Å². The fourth-order valence-electron chi connectivity index (χ4n) is 2.02. The summed E-state index contributed by atoms with van der Waals surface area (Å²) in [6.07, 6.45) is 0.887. The van der Waals surface area contributed by atoms with E-state index in [9.17, 15) is 14.7 Å². The molecule has 0 saturated carbocycles. The van der Waals surface area contributed by atoms with Crippen molar-refractivity contribution >= 4 is 11.9 Å². The topological polar surface area (TPSA) is 72.8 Å². The maximum Gasteiger partial charge on any atom is 0.306 e. The molecule has 1 unspecified atom stereocenters. The van der Waals surface area contributed by atoms with Crippen LogP contribution in [0.4, 0.5) is 0 Å². The van der Waals surface area contributed by atoms with E-state index in [2.05, 4.69) is 0 Å². The van der Waals surface area contributed by atoms with Crippen LogP contribution in [0.5, 0.6) is 0 Å². The van der Waals surface area contributed by atoms with Gasteiger partial charge in [-0.2, -0.15) is 0 Å². The lowest BCUT2D eigenvalue weighted by atomic mass is 9.92. The summed E-state index contributed by atoms with van der Waals surface area (Å²) in [7, 11) is 0. The highest BCUT2D eigenvalue weighted by molar-refractivity contribution is 5.70. The molecule has 0 aliphatic carbocycles. The predicted octanol–water partition coefficient (Wildman–Crippen LogP) is 3.23. The predicted molar refractivity (Wildman–Crippen MR) is 85.3 cm³/mol. The Morgan fingerprint density at radius 2 is 1.18 bits per heavy atom. The van der Waals surface area contributed by atoms with Gasteiger partial charge in [0.25, 0.3) is 0 Å². The quantitative estimate of drug-likeness (QED) is 0.730. The number of hydrogen-bond acceptors (Lipinski definition) is 5. The van der Waals surface area contributed by atoms with E-state index >= 15 is 0 Å². The highest BCUT2D eigenvalue weighted by atomic mass is 16.6. The average molecular weight is 316 g/mol. The molecule has 5 heteroatoms. The zero-order valence-electron chi connectivity index (χ0n) is 15.1. The summed E-state index contributed by atoms with van der Waals surface area (Å²) in [4.78, 5) is 23.4. The van der Waals surface area contributed by atoms with Gasteiger partial charge in [-0.3, -0.25) is 9.59 Å². The van der Waals surface area contributed by atoms with Crippen molar-refractivity contribution in [1.29, 1.82) is 0 Å². The molecule has 0 rings (SSSR count). The van der Waals surface area contributed by atoms with Crippen molar-refractivity contribution in [2.24, 2.45) is 5.92 Å². The molecule has 0 aliphatic heterocycles. The lowest BCUT2D eigenvalue weighted by Crippen LogP contribution is -2.26. The number of rotatable bonds is 7. The summed E-state index contributed by atoms with van der Waals surface area (Å²) >= 11 is 0. The first-order chi connectivity index (χ1) is 9.80. The van der Waals surface area contributed by atoms with Gasteiger partial charge >= 0.3 is 11.9 Å². The summed E-state index contributed by atoms with van der Waals surface area (Å²) in [5.74, 6) is -0.689. The largest absolute Gasteiger partial charge is 0.460 e. The summed E-state index contributed by atoms with van der Waals surface area (Å²) in [6.45, 7) is 12.6. The van der Waals surface area contributed by atoms with Crippen molar-refractivity contribution in [3.8, 4) is 0 Å². The van der Waals surface area contributed by atoms with E-state index in [4.69, 9.17) is 9.47 Å². The molecular weight excluding hydrogens is 284 g/mol. The standard InChI is InChI=1S/C17H32O5/c1-12(18)13(8-10-14(19)21-16(2,3)4)9-11-15(20)22-17(5,6)7/h12-13,18H,8-11H2,1-7H3. The fraction of sp³-hybridized carbons (Fsp3) is 0.882. The van der Waals surface area contributed by atoms with Crippen LogP contribution in [0, 0.1) is 5.92 Å². The van der Waals surface area contributed by atoms with Gasteiger partial charge in [0.1, 0.15) is 11.2 Å². The van der Waals surface area contributed by atoms with Crippen LogP contribution in [0.2, 0.25) is 0 Å². The third-order valence-electron chi connectivity index (χ3n) is 2.96. The molecule has 0 aromatic rings. The number of hydrogen-bond donors (Lipinski definition) is 1. The Hall–Kier alpha value is -1.10. The van der Waals surface area contributed by atoms with Gasteiger partial charge in [-0.15, -0.1) is 0 Å². The van der Waals surface area contributed by atoms with Gasteiger partial charge in [0, 0.05) is 12.8 Å². The Morgan fingerprint density at radius 1 is 0.864 bits per heavy atom. The zero-order valence-corrected chi connectivity index (χ0v) is 15.1. The lowest BCUT2D eigenvalue weighted by molar-refractivity contribution is -0.155. The molecule has 0 heterocycles. The number of carbonyl (C=O) groups excluding carboxylic acids is 2. The van der Waals surface area contributed by atoms with Gasteiger partial charge in [0.15, 0.2) is 0 Å². The Bertz CT molecular complexity index is 328. The number of aliphatic hydroxyl groups is 1. The molecule has 1 N–H and O–H groups in total. The van der Waals surface area contributed by atoms with Gasteiger partial charge in [0.2, 0.25) is 0 Å². The maximum absolute atomic E-state index is 11.7. The van der Waals surface area contributed by atoms with Crippen molar-refractivity contribution in [2.75, 3.05) is 0 Å². The summed E-state index contributed by atoms with van der Waals surface area (Å²) < 4.78 is 10.5. The minimum absolute atomic E-state index is 0.125. The molecule has 0 bridgehead atoms. The number of aliphatic hydroxyl groups excluding tert-OH is 1. The number of ether oxygens (including phenoxy) is 2. The minimum atomic E-state index is -0.579. The first-order valence-electron chi connectivity index (χ1n) is 7.92. The zero-order chi connectivity index (χ0) is 17.6. The van der Waals surface area contributed by atoms with Crippen LogP contribution in [0.1, 0.15) is 74.1 Å². The normalized spacial score (nSPS) is 13.9. The van der Waals surface area contributed by atoms with E-state index in [1.54, 1.807) is 6.92 Å². The second kappa shape index (κ2) is 8.51. The van der Waals surface area contributed by atoms with E-state index in [0.29, 0.717) is 12.8 Å². The lowest BCUT2D eigenvalue weighted by Gasteiger charge is -2.23. The molecule has 5 nitrogen and oxygen atoms in total. The van der Waals surface area contributed by atoms with E-state index in [1.807, 2.05) is 41.5 Å². The molecule has 22 heavy (non-hydrogen) atoms. The molecule has 0 radical (unpaired) electrons. The molecule has 130 valence electrons. The van der Waals surface area contributed by atoms with Gasteiger partial charge < -0.3 is 14.6 Å². The molecule has 0 aromatic carbocycles. The molecule has 0 aromatic heterocycles. The number of esters is 2. The van der Waals surface area contributed by atoms with E-state index in [-0.39, 0.29) is 30.7 Å². The minimum Gasteiger partial charge on any atom is -0.460 e. The third kappa shape index (κ3) is 11.5. The van der Waals surface area contributed by atoms with E-state index in [1.165, 1.54) is 0 Å². The van der Waals surface area contributed by atoms with Crippen molar-refractivity contribution in [2.45, 2.75) is 91.5 Å². The Morgan fingerprint density at radius 3 is 1.41 bits per heavy atom. The van der Waals surface area contributed by atoms with Crippen LogP contribution in [0.3, 0.4) is 0 Å². The van der Waals surface area contributed by atoms with E-state index in [0.717, 1.165) is 0 Å². The smallest absolute Gasteiger partial charge is 0.306 e. The summed E-state index contributed by atoms with van der Waals surface area (Å²) in [6, 6.07) is 0. The first-order valence-corrected chi connectivity index (χ1v) is 7.92.